The van der Waals surface area contributed by atoms with Gasteiger partial charge in [0.25, 0.3) is 5.56 Å². The standard InChI is InChI=1S/C14H19N5O6/c1-3-4-10(21)24-7-14(17-18-15)11(22)8(2)12(25-14)19-6-5-9(20)16-13(19)23/h5-6,8,11-12,22H,3-4,7H2,1-2H3,(H,16,20,23)/t8-,11-,12+,14+/m0/s1. The Labute approximate surface area is 141 Å². The van der Waals surface area contributed by atoms with Crippen LogP contribution in [0.5, 0.6) is 0 Å². The molecule has 0 unspecified atom stereocenters. The number of hydrogen-bond donors (Lipinski definition) is 2. The summed E-state index contributed by atoms with van der Waals surface area (Å²) in [5, 5.41) is 14.0. The van der Waals surface area contributed by atoms with Crippen LogP contribution in [0.2, 0.25) is 0 Å². The number of aliphatic hydroxyl groups excluding tert-OH is 1. The van der Waals surface area contributed by atoms with Crippen molar-refractivity contribution in [3.05, 3.63) is 43.5 Å². The topological polar surface area (TPSA) is 159 Å². The molecule has 0 spiro atoms. The number of H-pyrrole nitrogens is 1. The second-order valence-electron chi connectivity index (χ2n) is 5.77. The molecule has 0 aromatic carbocycles. The third kappa shape index (κ3) is 3.73. The van der Waals surface area contributed by atoms with Gasteiger partial charge in [-0.25, -0.2) is 4.79 Å². The molecule has 1 aliphatic rings. The van der Waals surface area contributed by atoms with Crippen molar-refractivity contribution in [2.45, 2.75) is 44.7 Å². The van der Waals surface area contributed by atoms with Crippen molar-refractivity contribution in [1.82, 2.24) is 9.55 Å². The van der Waals surface area contributed by atoms with E-state index < -0.39 is 47.8 Å². The summed E-state index contributed by atoms with van der Waals surface area (Å²) < 4.78 is 11.8. The number of aromatic nitrogens is 2. The Morgan fingerprint density at radius 3 is 2.92 bits per heavy atom. The lowest BCUT2D eigenvalue weighted by Crippen LogP contribution is -2.43. The summed E-state index contributed by atoms with van der Waals surface area (Å²) in [5.41, 5.74) is 5.64. The highest BCUT2D eigenvalue weighted by atomic mass is 16.6. The summed E-state index contributed by atoms with van der Waals surface area (Å²) in [4.78, 5) is 39.5. The molecule has 0 aliphatic carbocycles. The number of nitrogens with one attached hydrogen (secondary N) is 1. The van der Waals surface area contributed by atoms with E-state index in [9.17, 15) is 19.5 Å². The first kappa shape index (κ1) is 18.7. The minimum Gasteiger partial charge on any atom is -0.462 e. The molecular weight excluding hydrogens is 334 g/mol. The van der Waals surface area contributed by atoms with Crippen molar-refractivity contribution >= 4 is 5.97 Å². The lowest BCUT2D eigenvalue weighted by Gasteiger charge is -2.26. The van der Waals surface area contributed by atoms with Gasteiger partial charge in [0.2, 0.25) is 5.72 Å². The van der Waals surface area contributed by atoms with Gasteiger partial charge in [0.15, 0.2) is 0 Å². The monoisotopic (exact) mass is 353 g/mol. The second-order valence-corrected chi connectivity index (χ2v) is 5.77. The zero-order valence-corrected chi connectivity index (χ0v) is 13.8. The number of esters is 1. The summed E-state index contributed by atoms with van der Waals surface area (Å²) in [6.45, 7) is 2.89. The van der Waals surface area contributed by atoms with Gasteiger partial charge in [-0.2, -0.15) is 0 Å². The van der Waals surface area contributed by atoms with Gasteiger partial charge in [-0.1, -0.05) is 19.0 Å². The molecule has 1 aromatic rings. The van der Waals surface area contributed by atoms with Gasteiger partial charge in [-0.05, 0) is 12.0 Å². The van der Waals surface area contributed by atoms with Crippen LogP contribution in [0.4, 0.5) is 0 Å². The first-order chi connectivity index (χ1) is 11.8. The van der Waals surface area contributed by atoms with E-state index in [0.717, 1.165) is 10.6 Å². The molecule has 11 heteroatoms. The third-order valence-corrected chi connectivity index (χ3v) is 3.97. The molecular formula is C14H19N5O6. The fraction of sp³-hybridized carbons (Fsp3) is 0.643. The number of nitrogens with zero attached hydrogens (tertiary/aromatic N) is 4. The molecule has 1 saturated heterocycles. The Hall–Kier alpha value is -2.62. The quantitative estimate of drug-likeness (QED) is 0.326. The number of carbonyl (C=O) groups excluding carboxylic acids is 1. The van der Waals surface area contributed by atoms with E-state index in [1.165, 1.54) is 6.20 Å². The van der Waals surface area contributed by atoms with Crippen molar-refractivity contribution < 1.29 is 19.4 Å². The van der Waals surface area contributed by atoms with E-state index >= 15 is 0 Å². The van der Waals surface area contributed by atoms with Crippen molar-refractivity contribution in [3.63, 3.8) is 0 Å². The van der Waals surface area contributed by atoms with Gasteiger partial charge >= 0.3 is 11.7 Å². The normalized spacial score (nSPS) is 28.4. The fourth-order valence-corrected chi connectivity index (χ4v) is 2.66. The predicted octanol–water partition coefficient (Wildman–Crippen LogP) is 0.412. The Morgan fingerprint density at radius 2 is 2.32 bits per heavy atom. The Morgan fingerprint density at radius 1 is 1.60 bits per heavy atom. The van der Waals surface area contributed by atoms with Crippen LogP contribution in [0.15, 0.2) is 27.0 Å². The van der Waals surface area contributed by atoms with Crippen molar-refractivity contribution in [2.24, 2.45) is 11.0 Å². The second kappa shape index (κ2) is 7.51. The lowest BCUT2D eigenvalue weighted by molar-refractivity contribution is -0.165. The highest BCUT2D eigenvalue weighted by Crippen LogP contribution is 2.42. The van der Waals surface area contributed by atoms with Crippen LogP contribution in [0, 0.1) is 5.92 Å². The summed E-state index contributed by atoms with van der Waals surface area (Å²) in [7, 11) is 0. The fourth-order valence-electron chi connectivity index (χ4n) is 2.66. The SMILES string of the molecule is CCCC(=O)OC[C@@]1(N=[N+]=[N-])O[C@@H](n2ccc(=O)[nH]c2=O)[C@@H](C)[C@@H]1O. The highest BCUT2D eigenvalue weighted by Gasteiger charge is 2.54. The average molecular weight is 353 g/mol. The molecule has 1 aliphatic heterocycles. The first-order valence-corrected chi connectivity index (χ1v) is 7.74. The van der Waals surface area contributed by atoms with Gasteiger partial charge in [0, 0.05) is 29.5 Å². The molecule has 4 atom stereocenters. The highest BCUT2D eigenvalue weighted by molar-refractivity contribution is 5.69. The molecule has 11 nitrogen and oxygen atoms in total. The van der Waals surface area contributed by atoms with Crippen LogP contribution in [-0.4, -0.2) is 39.1 Å². The van der Waals surface area contributed by atoms with Crippen molar-refractivity contribution in [3.8, 4) is 0 Å². The van der Waals surface area contributed by atoms with Crippen molar-refractivity contribution in [1.29, 1.82) is 0 Å². The average Bonchev–Trinajstić information content (AvgIpc) is 2.79. The zero-order valence-electron chi connectivity index (χ0n) is 13.8. The maximum absolute atomic E-state index is 12.0. The van der Waals surface area contributed by atoms with Gasteiger partial charge in [-0.3, -0.25) is 19.1 Å². The third-order valence-electron chi connectivity index (χ3n) is 3.97. The smallest absolute Gasteiger partial charge is 0.330 e. The number of aromatic amines is 1. The van der Waals surface area contributed by atoms with Crippen LogP contribution in [-0.2, 0) is 14.3 Å². The maximum Gasteiger partial charge on any atom is 0.330 e. The molecule has 2 N–H and O–H groups in total. The van der Waals surface area contributed by atoms with Crippen LogP contribution >= 0.6 is 0 Å². The van der Waals surface area contributed by atoms with E-state index in [4.69, 9.17) is 15.0 Å². The van der Waals surface area contributed by atoms with Gasteiger partial charge in [0.1, 0.15) is 12.8 Å². The van der Waals surface area contributed by atoms with E-state index in [0.29, 0.717) is 6.42 Å². The minimum absolute atomic E-state index is 0.167. The summed E-state index contributed by atoms with van der Waals surface area (Å²) in [6, 6.07) is 1.12. The largest absolute Gasteiger partial charge is 0.462 e. The Kier molecular flexibility index (Phi) is 5.62. The first-order valence-electron chi connectivity index (χ1n) is 7.74. The number of azide groups is 1. The Balaban J connectivity index is 2.33. The number of rotatable bonds is 6. The van der Waals surface area contributed by atoms with Crippen molar-refractivity contribution in [2.75, 3.05) is 6.61 Å². The zero-order chi connectivity index (χ0) is 18.6. The number of aliphatic hydroxyl groups is 1. The number of hydrogen-bond acceptors (Lipinski definition) is 7. The van der Waals surface area contributed by atoms with Gasteiger partial charge < -0.3 is 14.6 Å². The predicted molar refractivity (Wildman–Crippen MR) is 84.4 cm³/mol. The van der Waals surface area contributed by atoms with E-state index in [1.54, 1.807) is 13.8 Å². The molecule has 2 heterocycles. The van der Waals surface area contributed by atoms with Crippen LogP contribution in [0.3, 0.4) is 0 Å². The van der Waals surface area contributed by atoms with E-state index in [2.05, 4.69) is 15.0 Å². The molecule has 0 bridgehead atoms. The van der Waals surface area contributed by atoms with Crippen LogP contribution in [0.1, 0.15) is 32.9 Å². The summed E-state index contributed by atoms with van der Waals surface area (Å²) in [6.07, 6.45) is -0.399. The molecule has 0 radical (unpaired) electrons. The minimum atomic E-state index is -1.86. The number of ether oxygens (including phenoxy) is 2. The van der Waals surface area contributed by atoms with Gasteiger partial charge in [0.05, 0.1) is 6.10 Å². The molecule has 1 aromatic heterocycles. The summed E-state index contributed by atoms with van der Waals surface area (Å²) in [5.74, 6) is -1.21. The van der Waals surface area contributed by atoms with E-state index in [1.807, 2.05) is 0 Å². The maximum atomic E-state index is 12.0. The van der Waals surface area contributed by atoms with Gasteiger partial charge in [-0.15, -0.1) is 0 Å². The van der Waals surface area contributed by atoms with E-state index in [-0.39, 0.29) is 6.42 Å². The molecule has 136 valence electrons. The van der Waals surface area contributed by atoms with Crippen LogP contribution < -0.4 is 11.2 Å². The molecule has 1 fully saturated rings. The molecule has 2 rings (SSSR count). The molecule has 25 heavy (non-hydrogen) atoms. The lowest BCUT2D eigenvalue weighted by atomic mass is 9.98. The number of carbonyl (C=O) groups is 1. The molecule has 0 amide bonds. The summed E-state index contributed by atoms with van der Waals surface area (Å²) >= 11 is 0. The Bertz CT molecular complexity index is 797. The molecule has 0 saturated carbocycles. The van der Waals surface area contributed by atoms with Crippen LogP contribution in [0.25, 0.3) is 10.4 Å².